The van der Waals surface area contributed by atoms with Crippen LogP contribution in [0.15, 0.2) is 54.6 Å². The number of alkyl halides is 1. The highest BCUT2D eigenvalue weighted by molar-refractivity contribution is 6.17. The standard InChI is InChI=1S/C38H43ClN2O6/c39-15-3-1-2-4-20-44-22-23-45-21-5-8-34(42)27-9-12-30-33(24-27)38(47-37(30)43)31-13-10-28(40-16-6-17-40)25-35(31)46-36-26-29(11-14-32(36)38)41-18-7-19-41/h9-14,24-26H,1-8,15-23H2. The molecule has 0 saturated carbocycles. The second-order valence-electron chi connectivity index (χ2n) is 12.8. The highest BCUT2D eigenvalue weighted by atomic mass is 35.5. The van der Waals surface area contributed by atoms with Crippen molar-refractivity contribution in [2.24, 2.45) is 0 Å². The van der Waals surface area contributed by atoms with Crippen molar-refractivity contribution in [2.75, 3.05) is 68.3 Å². The number of rotatable bonds is 16. The number of unbranched alkanes of at least 4 members (excludes halogenated alkanes) is 3. The maximum atomic E-state index is 13.5. The fourth-order valence-corrected chi connectivity index (χ4v) is 7.06. The van der Waals surface area contributed by atoms with Crippen molar-refractivity contribution < 1.29 is 28.5 Å². The first-order valence-corrected chi connectivity index (χ1v) is 17.7. The fraction of sp³-hybridized carbons (Fsp3) is 0.474. The van der Waals surface area contributed by atoms with E-state index in [2.05, 4.69) is 34.1 Å². The number of hydrogen-bond acceptors (Lipinski definition) is 8. The summed E-state index contributed by atoms with van der Waals surface area (Å²) in [6, 6.07) is 17.7. The van der Waals surface area contributed by atoms with Gasteiger partial charge in [-0.2, -0.15) is 0 Å². The molecule has 2 saturated heterocycles. The van der Waals surface area contributed by atoms with E-state index in [0.29, 0.717) is 60.9 Å². The summed E-state index contributed by atoms with van der Waals surface area (Å²) in [5.74, 6) is 1.67. The van der Waals surface area contributed by atoms with E-state index in [1.165, 1.54) is 12.8 Å². The molecule has 248 valence electrons. The van der Waals surface area contributed by atoms with Crippen LogP contribution >= 0.6 is 11.6 Å². The molecule has 0 radical (unpaired) electrons. The highest BCUT2D eigenvalue weighted by Gasteiger charge is 2.54. The van der Waals surface area contributed by atoms with Crippen molar-refractivity contribution in [3.63, 3.8) is 0 Å². The number of Topliss-reactive ketones (excluding diaryl/α,β-unsaturated/α-hetero) is 1. The molecule has 0 bridgehead atoms. The molecular formula is C38H43ClN2O6. The fourth-order valence-electron chi connectivity index (χ4n) is 6.87. The van der Waals surface area contributed by atoms with E-state index in [-0.39, 0.29) is 5.78 Å². The minimum Gasteiger partial charge on any atom is -0.456 e. The van der Waals surface area contributed by atoms with Crippen LogP contribution in [0.25, 0.3) is 0 Å². The second kappa shape index (κ2) is 14.3. The Morgan fingerprint density at radius 2 is 1.34 bits per heavy atom. The van der Waals surface area contributed by atoms with Crippen LogP contribution in [0.4, 0.5) is 11.4 Å². The zero-order valence-electron chi connectivity index (χ0n) is 26.9. The quantitative estimate of drug-likeness (QED) is 0.0679. The summed E-state index contributed by atoms with van der Waals surface area (Å²) in [7, 11) is 0. The number of anilines is 2. The number of ether oxygens (including phenoxy) is 4. The first-order valence-electron chi connectivity index (χ1n) is 17.2. The van der Waals surface area contributed by atoms with Gasteiger partial charge >= 0.3 is 5.97 Å². The van der Waals surface area contributed by atoms with Crippen LogP contribution in [0.1, 0.15) is 88.8 Å². The molecule has 47 heavy (non-hydrogen) atoms. The molecule has 2 fully saturated rings. The van der Waals surface area contributed by atoms with Crippen LogP contribution < -0.4 is 14.5 Å². The van der Waals surface area contributed by atoms with Gasteiger partial charge in [0, 0.05) is 97.5 Å². The van der Waals surface area contributed by atoms with Crippen molar-refractivity contribution in [3.05, 3.63) is 82.4 Å². The average molecular weight is 659 g/mol. The van der Waals surface area contributed by atoms with Crippen molar-refractivity contribution in [2.45, 2.75) is 57.0 Å². The molecular weight excluding hydrogens is 616 g/mol. The Bertz CT molecular complexity index is 1550. The Hall–Kier alpha value is -3.59. The molecule has 8 nitrogen and oxygen atoms in total. The third-order valence-corrected chi connectivity index (χ3v) is 10.0. The van der Waals surface area contributed by atoms with Crippen molar-refractivity contribution in [1.82, 2.24) is 0 Å². The van der Waals surface area contributed by atoms with E-state index in [1.807, 2.05) is 18.2 Å². The number of nitrogens with zero attached hydrogens (tertiary/aromatic N) is 2. The van der Waals surface area contributed by atoms with Gasteiger partial charge in [-0.05, 0) is 68.5 Å². The van der Waals surface area contributed by atoms with Crippen LogP contribution in [0.2, 0.25) is 0 Å². The lowest BCUT2D eigenvalue weighted by atomic mass is 9.76. The zero-order valence-corrected chi connectivity index (χ0v) is 27.7. The van der Waals surface area contributed by atoms with Crippen molar-refractivity contribution >= 4 is 34.7 Å². The minimum atomic E-state index is -1.21. The number of halogens is 1. The molecule has 4 aliphatic rings. The first-order chi connectivity index (χ1) is 23.1. The maximum absolute atomic E-state index is 13.5. The van der Waals surface area contributed by atoms with Gasteiger partial charge in [0.1, 0.15) is 11.5 Å². The van der Waals surface area contributed by atoms with Gasteiger partial charge in [0.2, 0.25) is 0 Å². The summed E-state index contributed by atoms with van der Waals surface area (Å²) in [4.78, 5) is 31.6. The van der Waals surface area contributed by atoms with Gasteiger partial charge < -0.3 is 28.7 Å². The van der Waals surface area contributed by atoms with E-state index >= 15 is 0 Å². The molecule has 0 N–H and O–H groups in total. The van der Waals surface area contributed by atoms with Crippen LogP contribution in [0, 0.1) is 0 Å². The Labute approximate surface area is 281 Å². The Morgan fingerprint density at radius 3 is 1.94 bits per heavy atom. The molecule has 0 atom stereocenters. The molecule has 0 aromatic heterocycles. The Kier molecular flexibility index (Phi) is 9.70. The topological polar surface area (TPSA) is 77.5 Å². The van der Waals surface area contributed by atoms with Gasteiger partial charge in [-0.1, -0.05) is 18.9 Å². The summed E-state index contributed by atoms with van der Waals surface area (Å²) in [5, 5.41) is 0. The molecule has 9 heteroatoms. The first kappa shape index (κ1) is 32.0. The summed E-state index contributed by atoms with van der Waals surface area (Å²) in [6.45, 7) is 6.32. The average Bonchev–Trinajstić information content (AvgIpc) is 3.31. The molecule has 4 aliphatic heterocycles. The molecule has 0 amide bonds. The molecule has 3 aromatic rings. The minimum absolute atomic E-state index is 0.00728. The molecule has 1 spiro atoms. The lowest BCUT2D eigenvalue weighted by molar-refractivity contribution is 0.0224. The zero-order chi connectivity index (χ0) is 32.2. The smallest absolute Gasteiger partial charge is 0.340 e. The van der Waals surface area contributed by atoms with E-state index < -0.39 is 11.6 Å². The normalized spacial score (nSPS) is 16.9. The number of fused-ring (bicyclic) bond motifs is 6. The van der Waals surface area contributed by atoms with Crippen molar-refractivity contribution in [3.8, 4) is 11.5 Å². The monoisotopic (exact) mass is 658 g/mol. The summed E-state index contributed by atoms with van der Waals surface area (Å²) < 4.78 is 24.4. The van der Waals surface area contributed by atoms with Gasteiger partial charge in [0.05, 0.1) is 18.8 Å². The summed E-state index contributed by atoms with van der Waals surface area (Å²) in [6.07, 6.45) is 7.64. The van der Waals surface area contributed by atoms with E-state index in [9.17, 15) is 9.59 Å². The molecule has 3 aromatic carbocycles. The number of esters is 1. The third-order valence-electron chi connectivity index (χ3n) is 9.77. The number of benzene rings is 3. The summed E-state index contributed by atoms with van der Waals surface area (Å²) >= 11 is 5.71. The highest BCUT2D eigenvalue weighted by Crippen LogP contribution is 2.57. The molecule has 4 heterocycles. The number of hydrogen-bond donors (Lipinski definition) is 0. The van der Waals surface area contributed by atoms with Gasteiger partial charge in [-0.25, -0.2) is 4.79 Å². The van der Waals surface area contributed by atoms with Crippen molar-refractivity contribution in [1.29, 1.82) is 0 Å². The number of ketones is 1. The van der Waals surface area contributed by atoms with E-state index in [0.717, 1.165) is 86.9 Å². The number of carbonyl (C=O) groups excluding carboxylic acids is 2. The van der Waals surface area contributed by atoms with E-state index in [1.54, 1.807) is 12.1 Å². The van der Waals surface area contributed by atoms with Crippen LogP contribution in [-0.4, -0.2) is 70.2 Å². The lowest BCUT2D eigenvalue weighted by Gasteiger charge is -2.39. The maximum Gasteiger partial charge on any atom is 0.340 e. The summed E-state index contributed by atoms with van der Waals surface area (Å²) in [5.41, 5.74) is 4.23. The van der Waals surface area contributed by atoms with Gasteiger partial charge in [0.15, 0.2) is 11.4 Å². The van der Waals surface area contributed by atoms with Gasteiger partial charge in [-0.15, -0.1) is 11.6 Å². The van der Waals surface area contributed by atoms with Gasteiger partial charge in [-0.3, -0.25) is 4.79 Å². The van der Waals surface area contributed by atoms with Gasteiger partial charge in [0.25, 0.3) is 0 Å². The van der Waals surface area contributed by atoms with E-state index in [4.69, 9.17) is 30.5 Å². The molecule has 7 rings (SSSR count). The predicted molar refractivity (Wildman–Crippen MR) is 183 cm³/mol. The molecule has 0 unspecified atom stereocenters. The second-order valence-corrected chi connectivity index (χ2v) is 13.2. The SMILES string of the molecule is O=C(CCCOCCOCCCCCCCl)c1ccc2c(c1)C1(OC2=O)c2ccc(N3CCC3)cc2Oc2cc(N3CCC3)ccc21. The Morgan fingerprint density at radius 1 is 0.723 bits per heavy atom. The lowest BCUT2D eigenvalue weighted by Crippen LogP contribution is -2.38. The molecule has 0 aliphatic carbocycles. The number of carbonyl (C=O) groups is 2. The van der Waals surface area contributed by atoms with Crippen LogP contribution in [0.5, 0.6) is 11.5 Å². The largest absolute Gasteiger partial charge is 0.456 e. The third kappa shape index (κ3) is 6.35. The van der Waals surface area contributed by atoms with Crippen LogP contribution in [0.3, 0.4) is 0 Å². The van der Waals surface area contributed by atoms with Crippen LogP contribution in [-0.2, 0) is 19.8 Å². The predicted octanol–water partition coefficient (Wildman–Crippen LogP) is 7.47. The Balaban J connectivity index is 1.08.